The molecule has 4 rings (SSSR count). The number of nitro groups is 1. The van der Waals surface area contributed by atoms with Gasteiger partial charge in [0.1, 0.15) is 6.17 Å². The van der Waals surface area contributed by atoms with E-state index in [-0.39, 0.29) is 11.6 Å². The van der Waals surface area contributed by atoms with E-state index in [1.54, 1.807) is 29.2 Å². The Hall–Kier alpha value is -3.38. The molecule has 1 atom stereocenters. The monoisotopic (exact) mass is 393 g/mol. The molecule has 1 heterocycles. The molecule has 0 saturated heterocycles. The third-order valence-corrected chi connectivity index (χ3v) is 5.11. The van der Waals surface area contributed by atoms with E-state index >= 15 is 0 Å². The number of para-hydroxylation sites is 1. The molecular formula is C21H16ClN3O3. The molecule has 3 aromatic rings. The Balaban J connectivity index is 1.75. The van der Waals surface area contributed by atoms with E-state index in [1.807, 2.05) is 36.4 Å². The summed E-state index contributed by atoms with van der Waals surface area (Å²) in [5.74, 6) is -0.127. The molecule has 0 saturated carbocycles. The minimum atomic E-state index is -0.473. The Bertz CT molecular complexity index is 1050. The number of carbonyl (C=O) groups excluding carboxylic acids is 1. The molecule has 0 bridgehead atoms. The number of rotatable bonds is 4. The zero-order valence-corrected chi connectivity index (χ0v) is 15.5. The van der Waals surface area contributed by atoms with Gasteiger partial charge in [0.05, 0.1) is 10.5 Å². The molecule has 0 spiro atoms. The number of benzene rings is 3. The van der Waals surface area contributed by atoms with Gasteiger partial charge in [-0.15, -0.1) is 0 Å². The number of nitrogens with zero attached hydrogens (tertiary/aromatic N) is 2. The van der Waals surface area contributed by atoms with Crippen LogP contribution in [-0.2, 0) is 6.54 Å². The molecule has 7 heteroatoms. The second-order valence-electron chi connectivity index (χ2n) is 6.47. The van der Waals surface area contributed by atoms with Crippen LogP contribution in [0.1, 0.15) is 27.7 Å². The third-order valence-electron chi connectivity index (χ3n) is 4.74. The maximum absolute atomic E-state index is 13.2. The van der Waals surface area contributed by atoms with E-state index < -0.39 is 11.1 Å². The molecule has 1 unspecified atom stereocenters. The van der Waals surface area contributed by atoms with Crippen molar-refractivity contribution in [1.29, 1.82) is 0 Å². The number of nitro benzene ring substituents is 1. The number of fused-ring (bicyclic) bond motifs is 1. The minimum absolute atomic E-state index is 0.00365. The van der Waals surface area contributed by atoms with E-state index in [0.717, 1.165) is 16.8 Å². The molecule has 1 aliphatic rings. The summed E-state index contributed by atoms with van der Waals surface area (Å²) in [6, 6.07) is 20.9. The molecule has 0 aromatic heterocycles. The average molecular weight is 394 g/mol. The summed E-state index contributed by atoms with van der Waals surface area (Å²) in [6.07, 6.45) is -0.473. The summed E-state index contributed by atoms with van der Waals surface area (Å²) in [6.45, 7) is 0.307. The Kier molecular flexibility index (Phi) is 4.71. The predicted molar refractivity (Wildman–Crippen MR) is 107 cm³/mol. The van der Waals surface area contributed by atoms with E-state index in [4.69, 9.17) is 11.6 Å². The molecule has 28 heavy (non-hydrogen) atoms. The topological polar surface area (TPSA) is 75.5 Å². The first-order valence-electron chi connectivity index (χ1n) is 8.69. The summed E-state index contributed by atoms with van der Waals surface area (Å²) >= 11 is 6.31. The number of non-ortho nitro benzene ring substituents is 1. The highest BCUT2D eigenvalue weighted by Gasteiger charge is 2.33. The van der Waals surface area contributed by atoms with Crippen LogP contribution in [0.3, 0.4) is 0 Å². The fourth-order valence-corrected chi connectivity index (χ4v) is 3.50. The largest absolute Gasteiger partial charge is 0.361 e. The van der Waals surface area contributed by atoms with Crippen LogP contribution in [0.15, 0.2) is 72.8 Å². The summed E-state index contributed by atoms with van der Waals surface area (Å²) in [5.41, 5.74) is 2.88. The fraction of sp³-hybridized carbons (Fsp3) is 0.0952. The quantitative estimate of drug-likeness (QED) is 0.499. The Morgan fingerprint density at radius 1 is 1.00 bits per heavy atom. The van der Waals surface area contributed by atoms with Crippen molar-refractivity contribution >= 4 is 28.9 Å². The highest BCUT2D eigenvalue weighted by molar-refractivity contribution is 6.31. The van der Waals surface area contributed by atoms with Crippen LogP contribution < -0.4 is 5.32 Å². The number of halogens is 1. The molecular weight excluding hydrogens is 378 g/mol. The van der Waals surface area contributed by atoms with E-state index in [0.29, 0.717) is 17.1 Å². The SMILES string of the molecule is O=C1c2ccccc2NC(c2ccc([N+](=O)[O-])cc2)N1Cc1ccccc1Cl. The van der Waals surface area contributed by atoms with Crippen LogP contribution in [-0.4, -0.2) is 15.7 Å². The van der Waals surface area contributed by atoms with Gasteiger partial charge in [-0.2, -0.15) is 0 Å². The fourth-order valence-electron chi connectivity index (χ4n) is 3.31. The van der Waals surface area contributed by atoms with Gasteiger partial charge in [-0.05, 0) is 41.5 Å². The molecule has 1 N–H and O–H groups in total. The molecule has 1 amide bonds. The highest BCUT2D eigenvalue weighted by atomic mass is 35.5. The number of hydrogen-bond donors (Lipinski definition) is 1. The lowest BCUT2D eigenvalue weighted by atomic mass is 10.0. The van der Waals surface area contributed by atoms with Gasteiger partial charge in [0, 0.05) is 29.4 Å². The second kappa shape index (κ2) is 7.32. The van der Waals surface area contributed by atoms with Crippen molar-refractivity contribution < 1.29 is 9.72 Å². The Labute approximate surface area is 166 Å². The summed E-state index contributed by atoms with van der Waals surface area (Å²) in [4.78, 5) is 25.4. The predicted octanol–water partition coefficient (Wildman–Crippen LogP) is 5.01. The van der Waals surface area contributed by atoms with Gasteiger partial charge in [0.15, 0.2) is 0 Å². The van der Waals surface area contributed by atoms with Crippen LogP contribution in [0.5, 0.6) is 0 Å². The lowest BCUT2D eigenvalue weighted by molar-refractivity contribution is -0.384. The van der Waals surface area contributed by atoms with Crippen LogP contribution in [0, 0.1) is 10.1 Å². The summed E-state index contributed by atoms with van der Waals surface area (Å²) in [7, 11) is 0. The first-order chi connectivity index (χ1) is 13.5. The maximum Gasteiger partial charge on any atom is 0.269 e. The van der Waals surface area contributed by atoms with Gasteiger partial charge in [0.2, 0.25) is 0 Å². The molecule has 0 aliphatic carbocycles. The Morgan fingerprint density at radius 2 is 1.68 bits per heavy atom. The van der Waals surface area contributed by atoms with Crippen molar-refractivity contribution in [3.05, 3.63) is 105 Å². The van der Waals surface area contributed by atoms with Gasteiger partial charge in [-0.25, -0.2) is 0 Å². The van der Waals surface area contributed by atoms with E-state index in [1.165, 1.54) is 12.1 Å². The number of anilines is 1. The molecule has 0 radical (unpaired) electrons. The first kappa shape index (κ1) is 18.0. The molecule has 0 fully saturated rings. The zero-order valence-electron chi connectivity index (χ0n) is 14.7. The van der Waals surface area contributed by atoms with Crippen molar-refractivity contribution in [2.24, 2.45) is 0 Å². The lowest BCUT2D eigenvalue weighted by Crippen LogP contribution is -2.42. The zero-order chi connectivity index (χ0) is 19.7. The minimum Gasteiger partial charge on any atom is -0.361 e. The Morgan fingerprint density at radius 3 is 2.39 bits per heavy atom. The third kappa shape index (κ3) is 3.30. The van der Waals surface area contributed by atoms with Crippen LogP contribution in [0.25, 0.3) is 0 Å². The van der Waals surface area contributed by atoms with Gasteiger partial charge in [0.25, 0.3) is 11.6 Å². The normalized spacial score (nSPS) is 15.7. The molecule has 140 valence electrons. The van der Waals surface area contributed by atoms with E-state index in [9.17, 15) is 14.9 Å². The molecule has 1 aliphatic heterocycles. The maximum atomic E-state index is 13.2. The van der Waals surface area contributed by atoms with Crippen LogP contribution >= 0.6 is 11.6 Å². The van der Waals surface area contributed by atoms with Crippen molar-refractivity contribution in [3.8, 4) is 0 Å². The summed E-state index contributed by atoms with van der Waals surface area (Å²) < 4.78 is 0. The number of amides is 1. The summed E-state index contributed by atoms with van der Waals surface area (Å²) in [5, 5.41) is 14.9. The van der Waals surface area contributed by atoms with Gasteiger partial charge < -0.3 is 10.2 Å². The lowest BCUT2D eigenvalue weighted by Gasteiger charge is -2.38. The second-order valence-corrected chi connectivity index (χ2v) is 6.87. The standard InChI is InChI=1S/C21H16ClN3O3/c22-18-7-3-1-5-15(18)13-24-20(14-9-11-16(12-10-14)25(27)28)23-19-8-4-2-6-17(19)21(24)26/h1-12,20,23H,13H2. The van der Waals surface area contributed by atoms with Crippen molar-refractivity contribution in [1.82, 2.24) is 4.90 Å². The van der Waals surface area contributed by atoms with E-state index in [2.05, 4.69) is 5.32 Å². The van der Waals surface area contributed by atoms with Crippen LogP contribution in [0.2, 0.25) is 5.02 Å². The van der Waals surface area contributed by atoms with Gasteiger partial charge >= 0.3 is 0 Å². The van der Waals surface area contributed by atoms with Gasteiger partial charge in [-0.3, -0.25) is 14.9 Å². The highest BCUT2D eigenvalue weighted by Crippen LogP contribution is 2.35. The van der Waals surface area contributed by atoms with Crippen LogP contribution in [0.4, 0.5) is 11.4 Å². The van der Waals surface area contributed by atoms with Crippen molar-refractivity contribution in [2.75, 3.05) is 5.32 Å². The molecule has 3 aromatic carbocycles. The number of hydrogen-bond acceptors (Lipinski definition) is 4. The average Bonchev–Trinajstić information content (AvgIpc) is 2.71. The van der Waals surface area contributed by atoms with Crippen molar-refractivity contribution in [2.45, 2.75) is 12.7 Å². The number of nitrogens with one attached hydrogen (secondary N) is 1. The molecule has 6 nitrogen and oxygen atoms in total. The first-order valence-corrected chi connectivity index (χ1v) is 9.06. The van der Waals surface area contributed by atoms with Crippen molar-refractivity contribution in [3.63, 3.8) is 0 Å². The smallest absolute Gasteiger partial charge is 0.269 e. The van der Waals surface area contributed by atoms with Gasteiger partial charge in [-0.1, -0.05) is 41.9 Å². The number of carbonyl (C=O) groups is 1.